The second-order valence-electron chi connectivity index (χ2n) is 6.60. The van der Waals surface area contributed by atoms with E-state index in [1.165, 1.54) is 0 Å². The Morgan fingerprint density at radius 3 is 2.46 bits per heavy atom. The minimum atomic E-state index is 0.216. The number of nitrogens with zero attached hydrogens (tertiary/aromatic N) is 3. The molecule has 0 saturated carbocycles. The molecule has 8 nitrogen and oxygen atoms in total. The van der Waals surface area contributed by atoms with Crippen LogP contribution in [0.3, 0.4) is 0 Å². The van der Waals surface area contributed by atoms with Gasteiger partial charge >= 0.3 is 0 Å². The number of benzene rings is 2. The molecule has 0 atom stereocenters. The number of fused-ring (bicyclic) bond motifs is 5. The van der Waals surface area contributed by atoms with Crippen LogP contribution in [0.25, 0.3) is 11.1 Å². The lowest BCUT2D eigenvalue weighted by Gasteiger charge is -2.24. The Morgan fingerprint density at radius 1 is 0.929 bits per heavy atom. The molecule has 0 amide bonds. The van der Waals surface area contributed by atoms with Crippen LogP contribution in [0.1, 0.15) is 16.8 Å². The molecule has 3 aromatic rings. The Balaban J connectivity index is 1.87. The van der Waals surface area contributed by atoms with Crippen molar-refractivity contribution in [3.05, 3.63) is 41.2 Å². The van der Waals surface area contributed by atoms with Crippen LogP contribution in [0, 0.1) is 0 Å². The topological polar surface area (TPSA) is 76.9 Å². The predicted octanol–water partition coefficient (Wildman–Crippen LogP) is 2.65. The summed E-state index contributed by atoms with van der Waals surface area (Å²) in [5.74, 6) is 3.21. The third-order valence-corrected chi connectivity index (χ3v) is 5.17. The Bertz CT molecular complexity index is 1080. The van der Waals surface area contributed by atoms with Crippen molar-refractivity contribution in [2.24, 2.45) is 0 Å². The molecule has 0 aliphatic carbocycles. The average Bonchev–Trinajstić information content (AvgIpc) is 3.34. The zero-order valence-electron chi connectivity index (χ0n) is 15.8. The summed E-state index contributed by atoms with van der Waals surface area (Å²) in [6, 6.07) is 5.98. The molecule has 28 heavy (non-hydrogen) atoms. The SMILES string of the molecule is COc1cc2c(c(OC)c1OC)-c1cc3c(cc1Cc1cnnn1C2)OCO3. The maximum atomic E-state index is 5.80. The highest BCUT2D eigenvalue weighted by molar-refractivity contribution is 5.83. The Kier molecular flexibility index (Phi) is 3.78. The van der Waals surface area contributed by atoms with Crippen molar-refractivity contribution < 1.29 is 23.7 Å². The van der Waals surface area contributed by atoms with E-state index in [0.717, 1.165) is 33.7 Å². The molecule has 0 fully saturated rings. The van der Waals surface area contributed by atoms with Gasteiger partial charge in [-0.1, -0.05) is 5.21 Å². The standard InChI is InChI=1S/C20H19N3O5/c1-24-17-6-12-9-23-13(8-21-22-23)4-11-5-15-16(28-10-27-15)7-14(11)18(12)20(26-3)19(17)25-2/h5-8H,4,9-10H2,1-3H3. The number of methoxy groups -OCH3 is 3. The summed E-state index contributed by atoms with van der Waals surface area (Å²) in [7, 11) is 4.84. The van der Waals surface area contributed by atoms with Gasteiger partial charge in [-0.3, -0.25) is 0 Å². The van der Waals surface area contributed by atoms with Crippen LogP contribution in [0.4, 0.5) is 0 Å². The van der Waals surface area contributed by atoms with Gasteiger partial charge in [-0.15, -0.1) is 5.10 Å². The Hall–Kier alpha value is -3.42. The summed E-state index contributed by atoms with van der Waals surface area (Å²) in [5.41, 5.74) is 5.00. The summed E-state index contributed by atoms with van der Waals surface area (Å²) in [5, 5.41) is 8.35. The van der Waals surface area contributed by atoms with Gasteiger partial charge in [0.1, 0.15) is 0 Å². The first-order valence-electron chi connectivity index (χ1n) is 8.85. The van der Waals surface area contributed by atoms with Gasteiger partial charge in [-0.05, 0) is 34.9 Å². The average molecular weight is 381 g/mol. The van der Waals surface area contributed by atoms with Crippen molar-refractivity contribution in [1.82, 2.24) is 15.0 Å². The van der Waals surface area contributed by atoms with E-state index in [0.29, 0.717) is 36.0 Å². The highest BCUT2D eigenvalue weighted by Gasteiger charge is 2.28. The zero-order valence-corrected chi connectivity index (χ0v) is 15.8. The van der Waals surface area contributed by atoms with Gasteiger partial charge in [0, 0.05) is 12.0 Å². The molecule has 144 valence electrons. The highest BCUT2D eigenvalue weighted by atomic mass is 16.7. The van der Waals surface area contributed by atoms with E-state index in [9.17, 15) is 0 Å². The van der Waals surface area contributed by atoms with E-state index in [1.54, 1.807) is 27.5 Å². The van der Waals surface area contributed by atoms with Crippen LogP contribution in [-0.4, -0.2) is 43.1 Å². The lowest BCUT2D eigenvalue weighted by Crippen LogP contribution is -2.13. The fourth-order valence-corrected chi connectivity index (χ4v) is 3.90. The molecule has 0 unspecified atom stereocenters. The second kappa shape index (κ2) is 6.33. The van der Waals surface area contributed by atoms with Crippen LogP contribution in [-0.2, 0) is 13.0 Å². The highest BCUT2D eigenvalue weighted by Crippen LogP contribution is 2.50. The van der Waals surface area contributed by atoms with Gasteiger partial charge in [0.15, 0.2) is 23.0 Å². The molecule has 2 aromatic carbocycles. The fourth-order valence-electron chi connectivity index (χ4n) is 3.90. The van der Waals surface area contributed by atoms with Crippen molar-refractivity contribution in [3.63, 3.8) is 0 Å². The van der Waals surface area contributed by atoms with Crippen molar-refractivity contribution in [2.75, 3.05) is 28.1 Å². The maximum absolute atomic E-state index is 5.80. The number of ether oxygens (including phenoxy) is 5. The quantitative estimate of drug-likeness (QED) is 0.540. The molecule has 2 aliphatic rings. The van der Waals surface area contributed by atoms with E-state index in [2.05, 4.69) is 10.3 Å². The van der Waals surface area contributed by atoms with Gasteiger partial charge in [0.2, 0.25) is 12.5 Å². The number of rotatable bonds is 3. The minimum absolute atomic E-state index is 0.216. The lowest BCUT2D eigenvalue weighted by molar-refractivity contribution is 0.174. The van der Waals surface area contributed by atoms with Gasteiger partial charge in [-0.2, -0.15) is 0 Å². The van der Waals surface area contributed by atoms with E-state index >= 15 is 0 Å². The summed E-state index contributed by atoms with van der Waals surface area (Å²) in [6.45, 7) is 0.753. The second-order valence-corrected chi connectivity index (χ2v) is 6.60. The monoisotopic (exact) mass is 381 g/mol. The van der Waals surface area contributed by atoms with E-state index < -0.39 is 0 Å². The Labute approximate surface area is 161 Å². The van der Waals surface area contributed by atoms with Crippen LogP contribution in [0.2, 0.25) is 0 Å². The first kappa shape index (κ1) is 16.7. The summed E-state index contributed by atoms with van der Waals surface area (Å²) in [6.07, 6.45) is 2.45. The molecule has 0 N–H and O–H groups in total. The third kappa shape index (κ3) is 2.37. The predicted molar refractivity (Wildman–Crippen MR) is 99.6 cm³/mol. The van der Waals surface area contributed by atoms with Crippen LogP contribution in [0.5, 0.6) is 28.7 Å². The molecule has 8 heteroatoms. The van der Waals surface area contributed by atoms with Crippen molar-refractivity contribution in [2.45, 2.75) is 13.0 Å². The lowest BCUT2D eigenvalue weighted by atomic mass is 9.90. The number of hydrogen-bond donors (Lipinski definition) is 0. The normalized spacial score (nSPS) is 13.7. The molecule has 1 aromatic heterocycles. The van der Waals surface area contributed by atoms with Crippen LogP contribution < -0.4 is 23.7 Å². The molecule has 0 spiro atoms. The largest absolute Gasteiger partial charge is 0.493 e. The first-order chi connectivity index (χ1) is 13.7. The third-order valence-electron chi connectivity index (χ3n) is 5.17. The number of hydrogen-bond acceptors (Lipinski definition) is 7. The van der Waals surface area contributed by atoms with Crippen LogP contribution in [0.15, 0.2) is 24.4 Å². The van der Waals surface area contributed by atoms with Gasteiger partial charge in [0.05, 0.1) is 39.8 Å². The van der Waals surface area contributed by atoms with Gasteiger partial charge < -0.3 is 23.7 Å². The molecule has 0 saturated heterocycles. The molecule has 0 bridgehead atoms. The maximum Gasteiger partial charge on any atom is 0.231 e. The molecule has 0 radical (unpaired) electrons. The van der Waals surface area contributed by atoms with Crippen LogP contribution >= 0.6 is 0 Å². The van der Waals surface area contributed by atoms with Crippen molar-refractivity contribution in [1.29, 1.82) is 0 Å². The minimum Gasteiger partial charge on any atom is -0.493 e. The smallest absolute Gasteiger partial charge is 0.231 e. The Morgan fingerprint density at radius 2 is 1.71 bits per heavy atom. The van der Waals surface area contributed by atoms with Crippen molar-refractivity contribution >= 4 is 0 Å². The van der Waals surface area contributed by atoms with E-state index in [4.69, 9.17) is 23.7 Å². The molecule has 5 rings (SSSR count). The molecule has 3 heterocycles. The molecule has 2 aliphatic heterocycles. The molecular weight excluding hydrogens is 362 g/mol. The van der Waals surface area contributed by atoms with Crippen molar-refractivity contribution in [3.8, 4) is 39.9 Å². The van der Waals surface area contributed by atoms with E-state index in [-0.39, 0.29) is 6.79 Å². The number of aromatic nitrogens is 3. The zero-order chi connectivity index (χ0) is 19.3. The fraction of sp³-hybridized carbons (Fsp3) is 0.300. The first-order valence-corrected chi connectivity index (χ1v) is 8.85. The van der Waals surface area contributed by atoms with Gasteiger partial charge in [0.25, 0.3) is 0 Å². The molecular formula is C20H19N3O5. The summed E-state index contributed by atoms with van der Waals surface area (Å²) < 4.78 is 30.1. The summed E-state index contributed by atoms with van der Waals surface area (Å²) >= 11 is 0. The summed E-state index contributed by atoms with van der Waals surface area (Å²) in [4.78, 5) is 0. The van der Waals surface area contributed by atoms with Gasteiger partial charge in [-0.25, -0.2) is 4.68 Å². The van der Waals surface area contributed by atoms with E-state index in [1.807, 2.05) is 22.9 Å².